The van der Waals surface area contributed by atoms with E-state index < -0.39 is 11.6 Å². The van der Waals surface area contributed by atoms with Crippen LogP contribution in [0.1, 0.15) is 46.0 Å². The second-order valence-electron chi connectivity index (χ2n) is 6.41. The monoisotopic (exact) mass is 252 g/mol. The Labute approximate surface area is 109 Å². The molecule has 5 atom stereocenters. The average molecular weight is 252 g/mol. The highest BCUT2D eigenvalue weighted by Crippen LogP contribution is 2.47. The van der Waals surface area contributed by atoms with Crippen LogP contribution in [0.25, 0.3) is 0 Å². The molecule has 0 spiro atoms. The Morgan fingerprint density at radius 3 is 2.83 bits per heavy atom. The summed E-state index contributed by atoms with van der Waals surface area (Å²) in [5.41, 5.74) is -0.538. The minimum absolute atomic E-state index is 0.266. The summed E-state index contributed by atoms with van der Waals surface area (Å²) < 4.78 is 0. The lowest BCUT2D eigenvalue weighted by Crippen LogP contribution is -2.41. The van der Waals surface area contributed by atoms with Crippen LogP contribution in [0.3, 0.4) is 0 Å². The van der Waals surface area contributed by atoms with Crippen molar-refractivity contribution in [3.05, 3.63) is 12.2 Å². The molecule has 0 aliphatic heterocycles. The zero-order chi connectivity index (χ0) is 13.3. The lowest BCUT2D eigenvalue weighted by molar-refractivity contribution is -0.137. The van der Waals surface area contributed by atoms with Crippen molar-refractivity contribution in [3.63, 3.8) is 0 Å². The number of fused-ring (bicyclic) bond motifs is 1. The van der Waals surface area contributed by atoms with E-state index in [2.05, 4.69) is 19.1 Å². The summed E-state index contributed by atoms with van der Waals surface area (Å²) in [6.45, 7) is 4.10. The number of allylic oxidation sites excluding steroid dienone is 2. The van der Waals surface area contributed by atoms with Gasteiger partial charge < -0.3 is 10.2 Å². The SMILES string of the molecule is CC1C=CC2CC(C)(O)CCC2C1CCC(=O)O. The predicted molar refractivity (Wildman–Crippen MR) is 70.1 cm³/mol. The third-order valence-electron chi connectivity index (χ3n) is 4.82. The van der Waals surface area contributed by atoms with E-state index >= 15 is 0 Å². The summed E-state index contributed by atoms with van der Waals surface area (Å²) in [4.78, 5) is 10.8. The molecule has 0 heterocycles. The quantitative estimate of drug-likeness (QED) is 0.759. The van der Waals surface area contributed by atoms with E-state index in [9.17, 15) is 9.90 Å². The van der Waals surface area contributed by atoms with Crippen LogP contribution in [-0.2, 0) is 4.79 Å². The average Bonchev–Trinajstić information content (AvgIpc) is 2.27. The molecule has 0 aromatic carbocycles. The molecule has 5 unspecified atom stereocenters. The van der Waals surface area contributed by atoms with Gasteiger partial charge in [0.15, 0.2) is 0 Å². The largest absolute Gasteiger partial charge is 0.481 e. The molecule has 0 amide bonds. The van der Waals surface area contributed by atoms with Crippen molar-refractivity contribution in [1.29, 1.82) is 0 Å². The molecule has 18 heavy (non-hydrogen) atoms. The summed E-state index contributed by atoms with van der Waals surface area (Å²) >= 11 is 0. The lowest BCUT2D eigenvalue weighted by atomic mass is 9.61. The first kappa shape index (κ1) is 13.6. The van der Waals surface area contributed by atoms with E-state index in [1.165, 1.54) is 0 Å². The Hall–Kier alpha value is -0.830. The molecule has 0 bridgehead atoms. The first-order valence-electron chi connectivity index (χ1n) is 7.01. The van der Waals surface area contributed by atoms with Crippen LogP contribution in [0.2, 0.25) is 0 Å². The number of hydrogen-bond acceptors (Lipinski definition) is 2. The molecular weight excluding hydrogens is 228 g/mol. The van der Waals surface area contributed by atoms with Gasteiger partial charge in [-0.25, -0.2) is 0 Å². The zero-order valence-electron chi connectivity index (χ0n) is 11.3. The summed E-state index contributed by atoms with van der Waals surface area (Å²) in [6, 6.07) is 0. The second-order valence-corrected chi connectivity index (χ2v) is 6.41. The molecule has 2 rings (SSSR count). The molecule has 2 aliphatic carbocycles. The number of aliphatic hydroxyl groups is 1. The Morgan fingerprint density at radius 2 is 2.17 bits per heavy atom. The van der Waals surface area contributed by atoms with Crippen LogP contribution in [0, 0.1) is 23.7 Å². The zero-order valence-corrected chi connectivity index (χ0v) is 11.3. The van der Waals surface area contributed by atoms with E-state index in [1.54, 1.807) is 0 Å². The molecule has 0 radical (unpaired) electrons. The van der Waals surface area contributed by atoms with Crippen LogP contribution < -0.4 is 0 Å². The second kappa shape index (κ2) is 5.04. The van der Waals surface area contributed by atoms with E-state index in [0.717, 1.165) is 25.7 Å². The number of carboxylic acids is 1. The third kappa shape index (κ3) is 2.94. The Morgan fingerprint density at radius 1 is 1.44 bits per heavy atom. The molecule has 2 N–H and O–H groups in total. The normalized spacial score (nSPS) is 43.5. The minimum Gasteiger partial charge on any atom is -0.481 e. The number of rotatable bonds is 3. The molecule has 1 saturated carbocycles. The molecule has 3 nitrogen and oxygen atoms in total. The molecule has 1 fully saturated rings. The van der Waals surface area contributed by atoms with Gasteiger partial charge in [-0.3, -0.25) is 4.79 Å². The van der Waals surface area contributed by atoms with Gasteiger partial charge in [0.05, 0.1) is 5.60 Å². The smallest absolute Gasteiger partial charge is 0.303 e. The van der Waals surface area contributed by atoms with Crippen LogP contribution in [0.4, 0.5) is 0 Å². The van der Waals surface area contributed by atoms with E-state index in [4.69, 9.17) is 5.11 Å². The van der Waals surface area contributed by atoms with Gasteiger partial charge >= 0.3 is 5.97 Å². The van der Waals surface area contributed by atoms with Crippen molar-refractivity contribution in [1.82, 2.24) is 0 Å². The van der Waals surface area contributed by atoms with Crippen molar-refractivity contribution < 1.29 is 15.0 Å². The molecule has 2 aliphatic rings. The van der Waals surface area contributed by atoms with E-state index in [-0.39, 0.29) is 6.42 Å². The highest BCUT2D eigenvalue weighted by Gasteiger charge is 2.41. The summed E-state index contributed by atoms with van der Waals surface area (Å²) in [5.74, 6) is 1.23. The lowest BCUT2D eigenvalue weighted by Gasteiger charge is -2.46. The highest BCUT2D eigenvalue weighted by molar-refractivity contribution is 5.66. The number of aliphatic carboxylic acids is 1. The first-order chi connectivity index (χ1) is 8.39. The van der Waals surface area contributed by atoms with Crippen LogP contribution in [-0.4, -0.2) is 21.8 Å². The minimum atomic E-state index is -0.698. The van der Waals surface area contributed by atoms with Crippen molar-refractivity contribution in [3.8, 4) is 0 Å². The fourth-order valence-corrected chi connectivity index (χ4v) is 3.81. The Balaban J connectivity index is 2.07. The number of carboxylic acid groups (broad SMARTS) is 1. The van der Waals surface area contributed by atoms with Crippen LogP contribution in [0.15, 0.2) is 12.2 Å². The van der Waals surface area contributed by atoms with Crippen molar-refractivity contribution >= 4 is 5.97 Å². The van der Waals surface area contributed by atoms with Gasteiger partial charge in [-0.1, -0.05) is 19.1 Å². The van der Waals surface area contributed by atoms with Gasteiger partial charge in [0.1, 0.15) is 0 Å². The van der Waals surface area contributed by atoms with Gasteiger partial charge in [-0.15, -0.1) is 0 Å². The van der Waals surface area contributed by atoms with Crippen LogP contribution >= 0.6 is 0 Å². The maximum atomic E-state index is 10.8. The third-order valence-corrected chi connectivity index (χ3v) is 4.82. The summed E-state index contributed by atoms with van der Waals surface area (Å²) in [6.07, 6.45) is 8.20. The van der Waals surface area contributed by atoms with E-state index in [0.29, 0.717) is 23.7 Å². The standard InChI is InChI=1S/C15H24O3/c1-10-3-4-11-9-15(2,18)8-7-13(11)12(10)5-6-14(16)17/h3-4,10-13,18H,5-9H2,1-2H3,(H,16,17). The molecule has 3 heteroatoms. The van der Waals surface area contributed by atoms with Crippen molar-refractivity contribution in [2.24, 2.45) is 23.7 Å². The van der Waals surface area contributed by atoms with Crippen molar-refractivity contribution in [2.75, 3.05) is 0 Å². The van der Waals surface area contributed by atoms with Gasteiger partial charge in [0.25, 0.3) is 0 Å². The molecule has 0 aromatic rings. The van der Waals surface area contributed by atoms with Gasteiger partial charge in [0, 0.05) is 6.42 Å². The summed E-state index contributed by atoms with van der Waals surface area (Å²) in [7, 11) is 0. The summed E-state index contributed by atoms with van der Waals surface area (Å²) in [5, 5.41) is 19.0. The first-order valence-corrected chi connectivity index (χ1v) is 7.01. The van der Waals surface area contributed by atoms with Crippen LogP contribution in [0.5, 0.6) is 0 Å². The molecular formula is C15H24O3. The fraction of sp³-hybridized carbons (Fsp3) is 0.800. The van der Waals surface area contributed by atoms with Gasteiger partial charge in [-0.05, 0) is 56.3 Å². The fourth-order valence-electron chi connectivity index (χ4n) is 3.81. The van der Waals surface area contributed by atoms with Gasteiger partial charge in [-0.2, -0.15) is 0 Å². The highest BCUT2D eigenvalue weighted by atomic mass is 16.4. The molecule has 0 saturated heterocycles. The van der Waals surface area contributed by atoms with E-state index in [1.807, 2.05) is 6.92 Å². The molecule has 0 aromatic heterocycles. The Bertz CT molecular complexity index is 346. The Kier molecular flexibility index (Phi) is 3.81. The maximum absolute atomic E-state index is 10.8. The van der Waals surface area contributed by atoms with Gasteiger partial charge in [0.2, 0.25) is 0 Å². The van der Waals surface area contributed by atoms with Crippen molar-refractivity contribution in [2.45, 2.75) is 51.6 Å². The maximum Gasteiger partial charge on any atom is 0.303 e. The number of hydrogen-bond donors (Lipinski definition) is 2. The molecule has 102 valence electrons. The predicted octanol–water partition coefficient (Wildman–Crippen LogP) is 2.84. The number of carbonyl (C=O) groups is 1. The topological polar surface area (TPSA) is 57.5 Å².